The summed E-state index contributed by atoms with van der Waals surface area (Å²) in [5.41, 5.74) is -1.20. The van der Waals surface area contributed by atoms with Gasteiger partial charge in [0.2, 0.25) is 11.8 Å². The fourth-order valence-corrected chi connectivity index (χ4v) is 6.07. The number of β-lactam (4-membered cyclic amide) rings is 1. The summed E-state index contributed by atoms with van der Waals surface area (Å²) in [4.78, 5) is 44.1. The lowest BCUT2D eigenvalue weighted by atomic mass is 9.86. The van der Waals surface area contributed by atoms with E-state index in [2.05, 4.69) is 4.98 Å². The number of thioether (sulfide) groups is 1. The fourth-order valence-electron chi connectivity index (χ4n) is 3.69. The summed E-state index contributed by atoms with van der Waals surface area (Å²) in [6.45, 7) is 1.69. The highest BCUT2D eigenvalue weighted by Gasteiger charge is 2.59. The van der Waals surface area contributed by atoms with Crippen molar-refractivity contribution >= 4 is 45.9 Å². The third kappa shape index (κ3) is 3.06. The van der Waals surface area contributed by atoms with Crippen LogP contribution in [0, 0.1) is 5.41 Å². The third-order valence-electron chi connectivity index (χ3n) is 5.08. The number of thiophene rings is 1. The van der Waals surface area contributed by atoms with Gasteiger partial charge in [-0.1, -0.05) is 0 Å². The molecule has 146 valence electrons. The molecule has 0 aliphatic carbocycles. The summed E-state index contributed by atoms with van der Waals surface area (Å²) >= 11 is 2.78. The van der Waals surface area contributed by atoms with Gasteiger partial charge >= 0.3 is 0 Å². The average Bonchev–Trinajstić information content (AvgIpc) is 3.20. The van der Waals surface area contributed by atoms with Crippen LogP contribution in [0.1, 0.15) is 6.92 Å². The van der Waals surface area contributed by atoms with Crippen molar-refractivity contribution in [2.75, 3.05) is 17.2 Å². The van der Waals surface area contributed by atoms with Crippen molar-refractivity contribution in [3.63, 3.8) is 0 Å². The molecule has 3 atom stereocenters. The second kappa shape index (κ2) is 7.17. The summed E-state index contributed by atoms with van der Waals surface area (Å²) in [5.74, 6) is -1.32. The van der Waals surface area contributed by atoms with Gasteiger partial charge in [-0.15, -0.1) is 23.1 Å². The van der Waals surface area contributed by atoms with Gasteiger partial charge in [0.1, 0.15) is 11.4 Å². The van der Waals surface area contributed by atoms with Crippen molar-refractivity contribution in [2.24, 2.45) is 5.41 Å². The Kier molecular flexibility index (Phi) is 4.84. The zero-order chi connectivity index (χ0) is 19.9. The van der Waals surface area contributed by atoms with Gasteiger partial charge in [0.25, 0.3) is 0 Å². The van der Waals surface area contributed by atoms with Gasteiger partial charge in [0.05, 0.1) is 28.8 Å². The Morgan fingerprint density at radius 2 is 2.18 bits per heavy atom. The van der Waals surface area contributed by atoms with Crippen LogP contribution in [0.4, 0.5) is 5.00 Å². The Hall–Kier alpha value is -2.46. The first kappa shape index (κ1) is 18.9. The van der Waals surface area contributed by atoms with Crippen LogP contribution in [0.3, 0.4) is 0 Å². The van der Waals surface area contributed by atoms with Crippen molar-refractivity contribution in [1.82, 2.24) is 9.88 Å². The Bertz CT molecular complexity index is 908. The molecule has 0 radical (unpaired) electrons. The van der Waals surface area contributed by atoms with E-state index in [-0.39, 0.29) is 30.3 Å². The summed E-state index contributed by atoms with van der Waals surface area (Å²) in [6, 6.07) is 3.04. The molecule has 0 N–H and O–H groups in total. The van der Waals surface area contributed by atoms with E-state index in [9.17, 15) is 19.5 Å². The molecular formula is C18H18N4O4S2. The van der Waals surface area contributed by atoms with Gasteiger partial charge in [0.15, 0.2) is 18.9 Å². The lowest BCUT2D eigenvalue weighted by Gasteiger charge is -2.56. The molecule has 2 aromatic rings. The maximum Gasteiger partial charge on any atom is 0.249 e. The minimum Gasteiger partial charge on any atom is -0.549 e. The molecule has 0 spiro atoms. The van der Waals surface area contributed by atoms with Crippen LogP contribution < -0.4 is 14.6 Å². The molecule has 2 aliphatic rings. The zero-order valence-electron chi connectivity index (χ0n) is 15.1. The lowest BCUT2D eigenvalue weighted by Crippen LogP contribution is -2.76. The summed E-state index contributed by atoms with van der Waals surface area (Å²) in [5, 5.41) is 14.3. The van der Waals surface area contributed by atoms with E-state index in [4.69, 9.17) is 0 Å². The lowest BCUT2D eigenvalue weighted by molar-refractivity contribution is -0.708. The first-order valence-corrected chi connectivity index (χ1v) is 10.6. The van der Waals surface area contributed by atoms with Gasteiger partial charge < -0.3 is 14.8 Å². The minimum absolute atomic E-state index is 0.0633. The number of anilines is 1. The molecular weight excluding hydrogens is 400 g/mol. The predicted octanol–water partition coefficient (Wildman–Crippen LogP) is -0.496. The van der Waals surface area contributed by atoms with E-state index in [1.165, 1.54) is 34.9 Å². The van der Waals surface area contributed by atoms with E-state index >= 15 is 0 Å². The molecule has 2 amide bonds. The minimum atomic E-state index is -1.20. The molecule has 2 fully saturated rings. The SMILES string of the molecule is CC(=O)N(c1cccs1)C1C(=O)N2CC(C[n+]3ccncc3)(C(=O)[O-])CS[C@H]12. The maximum absolute atomic E-state index is 12.9. The fraction of sp³-hybridized carbons (Fsp3) is 0.389. The Labute approximate surface area is 169 Å². The molecule has 2 aliphatic heterocycles. The Morgan fingerprint density at radius 3 is 2.79 bits per heavy atom. The van der Waals surface area contributed by atoms with Crippen LogP contribution >= 0.6 is 23.1 Å². The number of fused-ring (bicyclic) bond motifs is 1. The number of carbonyl (C=O) groups is 3. The summed E-state index contributed by atoms with van der Waals surface area (Å²) in [7, 11) is 0. The van der Waals surface area contributed by atoms with Gasteiger partial charge in [0, 0.05) is 19.2 Å². The second-order valence-electron chi connectivity index (χ2n) is 6.94. The number of nitrogens with zero attached hydrogens (tertiary/aromatic N) is 4. The molecule has 2 unspecified atom stereocenters. The molecule has 0 aromatic carbocycles. The molecule has 10 heteroatoms. The number of aliphatic carboxylic acids is 1. The van der Waals surface area contributed by atoms with E-state index < -0.39 is 17.4 Å². The number of aromatic nitrogens is 2. The number of carbonyl (C=O) groups excluding carboxylic acids is 3. The van der Waals surface area contributed by atoms with Crippen LogP contribution in [0.2, 0.25) is 0 Å². The van der Waals surface area contributed by atoms with E-state index in [1.54, 1.807) is 40.3 Å². The smallest absolute Gasteiger partial charge is 0.249 e. The molecule has 2 saturated heterocycles. The van der Waals surface area contributed by atoms with E-state index in [0.717, 1.165) is 5.00 Å². The van der Waals surface area contributed by atoms with Gasteiger partial charge in [-0.2, -0.15) is 0 Å². The van der Waals surface area contributed by atoms with Crippen LogP contribution in [-0.2, 0) is 20.9 Å². The number of rotatable bonds is 5. The van der Waals surface area contributed by atoms with Crippen molar-refractivity contribution < 1.29 is 24.1 Å². The monoisotopic (exact) mass is 418 g/mol. The Balaban J connectivity index is 1.56. The number of carboxylic acids is 1. The quantitative estimate of drug-likeness (QED) is 0.480. The van der Waals surface area contributed by atoms with Crippen molar-refractivity contribution in [2.45, 2.75) is 24.9 Å². The van der Waals surface area contributed by atoms with Crippen LogP contribution in [0.5, 0.6) is 0 Å². The summed E-state index contributed by atoms with van der Waals surface area (Å²) < 4.78 is 1.74. The number of amides is 2. The Morgan fingerprint density at radius 1 is 1.43 bits per heavy atom. The molecule has 0 bridgehead atoms. The standard InChI is InChI=1S/C18H18N4O4S2/c1-12(23)22(13-3-2-8-27-13)14-15(24)21-10-18(17(25)26,11-28-16(14)21)9-20-6-4-19-5-7-20/h2-8,14,16H,9-11H2,1H3/t14?,16-,18?/m1/s1. The largest absolute Gasteiger partial charge is 0.549 e. The van der Waals surface area contributed by atoms with Crippen LogP contribution in [0.15, 0.2) is 42.3 Å². The highest BCUT2D eigenvalue weighted by Crippen LogP contribution is 2.45. The average molecular weight is 419 g/mol. The molecule has 2 aromatic heterocycles. The van der Waals surface area contributed by atoms with Crippen LogP contribution in [-0.4, -0.2) is 51.4 Å². The number of carboxylic acid groups (broad SMARTS) is 1. The van der Waals surface area contributed by atoms with Gasteiger partial charge in [-0.3, -0.25) is 19.5 Å². The normalized spacial score (nSPS) is 26.3. The van der Waals surface area contributed by atoms with Crippen molar-refractivity contribution in [1.29, 1.82) is 0 Å². The van der Waals surface area contributed by atoms with Crippen molar-refractivity contribution in [3.05, 3.63) is 42.3 Å². The molecule has 4 rings (SSSR count). The molecule has 0 saturated carbocycles. The predicted molar refractivity (Wildman–Crippen MR) is 101 cm³/mol. The molecule has 4 heterocycles. The van der Waals surface area contributed by atoms with E-state index in [1.807, 2.05) is 11.4 Å². The number of hydrogen-bond acceptors (Lipinski definition) is 7. The van der Waals surface area contributed by atoms with Crippen molar-refractivity contribution in [3.8, 4) is 0 Å². The third-order valence-corrected chi connectivity index (χ3v) is 7.52. The molecule has 8 nitrogen and oxygen atoms in total. The van der Waals surface area contributed by atoms with E-state index in [0.29, 0.717) is 5.75 Å². The van der Waals surface area contributed by atoms with Gasteiger partial charge in [-0.05, 0) is 17.5 Å². The molecule has 28 heavy (non-hydrogen) atoms. The number of hydrogen-bond donors (Lipinski definition) is 0. The first-order chi connectivity index (χ1) is 13.4. The maximum atomic E-state index is 12.9. The summed E-state index contributed by atoms with van der Waals surface area (Å²) in [6.07, 6.45) is 6.55. The van der Waals surface area contributed by atoms with Gasteiger partial charge in [-0.25, -0.2) is 4.57 Å². The first-order valence-electron chi connectivity index (χ1n) is 8.69. The highest BCUT2D eigenvalue weighted by atomic mass is 32.2. The highest BCUT2D eigenvalue weighted by molar-refractivity contribution is 8.00. The second-order valence-corrected chi connectivity index (χ2v) is 8.97. The topological polar surface area (TPSA) is 97.5 Å². The van der Waals surface area contributed by atoms with Crippen LogP contribution in [0.25, 0.3) is 0 Å². The zero-order valence-corrected chi connectivity index (χ0v) is 16.7.